The van der Waals surface area contributed by atoms with E-state index in [0.717, 1.165) is 16.8 Å². The SMILES string of the molecule is COc1cc(C)c(NC(=O)C=C(C)C)cc1OC. The molecule has 0 heterocycles. The van der Waals surface area contributed by atoms with Gasteiger partial charge in [-0.2, -0.15) is 0 Å². The van der Waals surface area contributed by atoms with Crippen LogP contribution < -0.4 is 14.8 Å². The second-order valence-electron chi connectivity index (χ2n) is 4.23. The van der Waals surface area contributed by atoms with E-state index >= 15 is 0 Å². The van der Waals surface area contributed by atoms with Gasteiger partial charge >= 0.3 is 0 Å². The summed E-state index contributed by atoms with van der Waals surface area (Å²) >= 11 is 0. The summed E-state index contributed by atoms with van der Waals surface area (Å²) in [7, 11) is 3.15. The number of hydrogen-bond donors (Lipinski definition) is 1. The minimum atomic E-state index is -0.148. The Balaban J connectivity index is 3.03. The first-order valence-electron chi connectivity index (χ1n) is 5.66. The molecule has 4 heteroatoms. The van der Waals surface area contributed by atoms with Gasteiger partial charge in [0.15, 0.2) is 11.5 Å². The average molecular weight is 249 g/mol. The number of nitrogens with one attached hydrogen (secondary N) is 1. The Kier molecular flexibility index (Phi) is 4.77. The maximum atomic E-state index is 11.7. The van der Waals surface area contributed by atoms with Gasteiger partial charge in [0.05, 0.1) is 14.2 Å². The Morgan fingerprint density at radius 3 is 2.22 bits per heavy atom. The van der Waals surface area contributed by atoms with Crippen molar-refractivity contribution in [2.24, 2.45) is 0 Å². The molecule has 0 fully saturated rings. The Labute approximate surface area is 108 Å². The predicted molar refractivity (Wildman–Crippen MR) is 72.3 cm³/mol. The Hall–Kier alpha value is -1.97. The first-order valence-corrected chi connectivity index (χ1v) is 5.66. The summed E-state index contributed by atoms with van der Waals surface area (Å²) < 4.78 is 10.4. The summed E-state index contributed by atoms with van der Waals surface area (Å²) in [6.45, 7) is 5.65. The van der Waals surface area contributed by atoms with Crippen molar-refractivity contribution >= 4 is 11.6 Å². The van der Waals surface area contributed by atoms with Gasteiger partial charge in [-0.15, -0.1) is 0 Å². The van der Waals surface area contributed by atoms with Crippen molar-refractivity contribution in [3.05, 3.63) is 29.3 Å². The van der Waals surface area contributed by atoms with E-state index in [2.05, 4.69) is 5.32 Å². The molecule has 98 valence electrons. The van der Waals surface area contributed by atoms with Crippen LogP contribution in [0, 0.1) is 6.92 Å². The molecule has 0 bridgehead atoms. The molecule has 0 saturated heterocycles. The zero-order chi connectivity index (χ0) is 13.7. The molecule has 0 radical (unpaired) electrons. The molecular formula is C14H19NO3. The summed E-state index contributed by atoms with van der Waals surface area (Å²) in [4.78, 5) is 11.7. The van der Waals surface area contributed by atoms with E-state index in [9.17, 15) is 4.79 Å². The van der Waals surface area contributed by atoms with Crippen LogP contribution in [0.15, 0.2) is 23.8 Å². The molecule has 0 aliphatic carbocycles. The molecule has 1 N–H and O–H groups in total. The van der Waals surface area contributed by atoms with E-state index in [4.69, 9.17) is 9.47 Å². The summed E-state index contributed by atoms with van der Waals surface area (Å²) in [5.74, 6) is 1.09. The number of benzene rings is 1. The maximum absolute atomic E-state index is 11.7. The van der Waals surface area contributed by atoms with Crippen LogP contribution in [0.4, 0.5) is 5.69 Å². The number of anilines is 1. The fraction of sp³-hybridized carbons (Fsp3) is 0.357. The standard InChI is InChI=1S/C14H19NO3/c1-9(2)6-14(16)15-11-8-13(18-5)12(17-4)7-10(11)3/h6-8H,1-5H3,(H,15,16). The van der Waals surface area contributed by atoms with Crippen molar-refractivity contribution < 1.29 is 14.3 Å². The quantitative estimate of drug-likeness (QED) is 0.835. The lowest BCUT2D eigenvalue weighted by atomic mass is 10.1. The van der Waals surface area contributed by atoms with E-state index in [1.54, 1.807) is 26.4 Å². The van der Waals surface area contributed by atoms with Crippen LogP contribution >= 0.6 is 0 Å². The highest BCUT2D eigenvalue weighted by Gasteiger charge is 2.09. The number of aryl methyl sites for hydroxylation is 1. The van der Waals surface area contributed by atoms with Crippen molar-refractivity contribution in [2.75, 3.05) is 19.5 Å². The summed E-state index contributed by atoms with van der Waals surface area (Å²) in [5.41, 5.74) is 2.59. The zero-order valence-corrected chi connectivity index (χ0v) is 11.5. The molecule has 1 rings (SSSR count). The second-order valence-corrected chi connectivity index (χ2v) is 4.23. The van der Waals surface area contributed by atoms with Crippen molar-refractivity contribution in [2.45, 2.75) is 20.8 Å². The maximum Gasteiger partial charge on any atom is 0.248 e. The molecule has 0 aliphatic rings. The van der Waals surface area contributed by atoms with Crippen LogP contribution in [0.1, 0.15) is 19.4 Å². The lowest BCUT2D eigenvalue weighted by Gasteiger charge is -2.13. The van der Waals surface area contributed by atoms with Crippen LogP contribution in [-0.4, -0.2) is 20.1 Å². The van der Waals surface area contributed by atoms with Gasteiger partial charge in [0.25, 0.3) is 0 Å². The van der Waals surface area contributed by atoms with E-state index in [1.165, 1.54) is 0 Å². The smallest absolute Gasteiger partial charge is 0.248 e. The number of carbonyl (C=O) groups is 1. The summed E-state index contributed by atoms with van der Waals surface area (Å²) in [5, 5.41) is 2.82. The van der Waals surface area contributed by atoms with Gasteiger partial charge < -0.3 is 14.8 Å². The molecule has 4 nitrogen and oxygen atoms in total. The molecule has 1 amide bonds. The molecule has 18 heavy (non-hydrogen) atoms. The fourth-order valence-corrected chi connectivity index (χ4v) is 1.55. The van der Waals surface area contributed by atoms with Crippen molar-refractivity contribution in [1.82, 2.24) is 0 Å². The molecule has 0 atom stereocenters. The van der Waals surface area contributed by atoms with Gasteiger partial charge in [0.2, 0.25) is 5.91 Å². The number of rotatable bonds is 4. The molecule has 0 unspecified atom stereocenters. The second kappa shape index (κ2) is 6.10. The van der Waals surface area contributed by atoms with Crippen LogP contribution in [0.5, 0.6) is 11.5 Å². The number of carbonyl (C=O) groups excluding carboxylic acids is 1. The van der Waals surface area contributed by atoms with E-state index in [-0.39, 0.29) is 5.91 Å². The van der Waals surface area contributed by atoms with E-state index < -0.39 is 0 Å². The molecule has 1 aromatic rings. The molecule has 0 spiro atoms. The lowest BCUT2D eigenvalue weighted by molar-refractivity contribution is -0.111. The largest absolute Gasteiger partial charge is 0.493 e. The summed E-state index contributed by atoms with van der Waals surface area (Å²) in [6.07, 6.45) is 1.55. The van der Waals surface area contributed by atoms with Crippen LogP contribution in [0.2, 0.25) is 0 Å². The number of methoxy groups -OCH3 is 2. The van der Waals surface area contributed by atoms with Gasteiger partial charge in [-0.1, -0.05) is 5.57 Å². The third kappa shape index (κ3) is 3.52. The monoisotopic (exact) mass is 249 g/mol. The molecular weight excluding hydrogens is 230 g/mol. The zero-order valence-electron chi connectivity index (χ0n) is 11.5. The minimum absolute atomic E-state index is 0.148. The van der Waals surface area contributed by atoms with Crippen molar-refractivity contribution in [1.29, 1.82) is 0 Å². The Bertz CT molecular complexity index is 474. The first kappa shape index (κ1) is 14.1. The Morgan fingerprint density at radius 2 is 1.72 bits per heavy atom. The molecule has 0 saturated carbocycles. The topological polar surface area (TPSA) is 47.6 Å². The van der Waals surface area contributed by atoms with Gasteiger partial charge in [0.1, 0.15) is 0 Å². The predicted octanol–water partition coefficient (Wildman–Crippen LogP) is 2.92. The lowest BCUT2D eigenvalue weighted by Crippen LogP contribution is -2.10. The van der Waals surface area contributed by atoms with Crippen LogP contribution in [0.25, 0.3) is 0 Å². The molecule has 1 aromatic carbocycles. The number of amides is 1. The number of hydrogen-bond acceptors (Lipinski definition) is 3. The highest BCUT2D eigenvalue weighted by molar-refractivity contribution is 6.00. The molecule has 0 aromatic heterocycles. The number of ether oxygens (including phenoxy) is 2. The van der Waals surface area contributed by atoms with E-state index in [0.29, 0.717) is 11.5 Å². The highest BCUT2D eigenvalue weighted by Crippen LogP contribution is 2.32. The number of allylic oxidation sites excluding steroid dienone is 1. The first-order chi connectivity index (χ1) is 8.47. The van der Waals surface area contributed by atoms with Crippen molar-refractivity contribution in [3.63, 3.8) is 0 Å². The van der Waals surface area contributed by atoms with Gasteiger partial charge in [-0.3, -0.25) is 4.79 Å². The minimum Gasteiger partial charge on any atom is -0.493 e. The van der Waals surface area contributed by atoms with E-state index in [1.807, 2.05) is 26.8 Å². The van der Waals surface area contributed by atoms with Gasteiger partial charge in [-0.05, 0) is 32.4 Å². The van der Waals surface area contributed by atoms with Gasteiger partial charge in [-0.25, -0.2) is 0 Å². The Morgan fingerprint density at radius 1 is 1.17 bits per heavy atom. The molecule has 0 aliphatic heterocycles. The average Bonchev–Trinajstić information content (AvgIpc) is 2.30. The van der Waals surface area contributed by atoms with Gasteiger partial charge in [0, 0.05) is 17.8 Å². The van der Waals surface area contributed by atoms with Crippen LogP contribution in [-0.2, 0) is 4.79 Å². The summed E-state index contributed by atoms with van der Waals surface area (Å²) in [6, 6.07) is 3.59. The van der Waals surface area contributed by atoms with Crippen molar-refractivity contribution in [3.8, 4) is 11.5 Å². The third-order valence-corrected chi connectivity index (χ3v) is 2.41. The van der Waals surface area contributed by atoms with Crippen LogP contribution in [0.3, 0.4) is 0 Å². The fourth-order valence-electron chi connectivity index (χ4n) is 1.55. The highest BCUT2D eigenvalue weighted by atomic mass is 16.5. The third-order valence-electron chi connectivity index (χ3n) is 2.41. The normalized spacial score (nSPS) is 9.61.